The Kier molecular flexibility index (Phi) is 9.81. The van der Waals surface area contributed by atoms with Gasteiger partial charge in [0.15, 0.2) is 0 Å². The van der Waals surface area contributed by atoms with Crippen LogP contribution in [0.4, 0.5) is 0 Å². The minimum absolute atomic E-state index is 0.144. The summed E-state index contributed by atoms with van der Waals surface area (Å²) >= 11 is 0. The zero-order valence-electron chi connectivity index (χ0n) is 16.8. The second kappa shape index (κ2) is 11.8. The minimum Gasteiger partial charge on any atom is -0.480 e. The Labute approximate surface area is 170 Å². The van der Waals surface area contributed by atoms with Gasteiger partial charge in [-0.25, -0.2) is 4.79 Å². The van der Waals surface area contributed by atoms with Crippen molar-refractivity contribution in [2.75, 3.05) is 0 Å². The molecule has 3 amide bonds. The van der Waals surface area contributed by atoms with Gasteiger partial charge in [-0.1, -0.05) is 44.2 Å². The molecule has 0 aliphatic rings. The van der Waals surface area contributed by atoms with E-state index in [1.165, 1.54) is 0 Å². The fraction of sp³-hybridized carbons (Fsp3) is 0.500. The normalized spacial score (nSPS) is 13.9. The molecule has 0 spiro atoms. The summed E-state index contributed by atoms with van der Waals surface area (Å²) in [4.78, 5) is 47.5. The summed E-state index contributed by atoms with van der Waals surface area (Å²) in [6.07, 6.45) is 0.276. The number of carbonyl (C=O) groups is 4. The monoisotopic (exact) mass is 406 g/mol. The van der Waals surface area contributed by atoms with Crippen LogP contribution in [-0.2, 0) is 25.6 Å². The lowest BCUT2D eigenvalue weighted by Gasteiger charge is -2.23. The Balaban J connectivity index is 2.92. The van der Waals surface area contributed by atoms with Gasteiger partial charge < -0.3 is 27.2 Å². The van der Waals surface area contributed by atoms with Gasteiger partial charge in [0.25, 0.3) is 0 Å². The van der Waals surface area contributed by atoms with Gasteiger partial charge in [-0.05, 0) is 24.3 Å². The number of aliphatic carboxylic acids is 1. The first kappa shape index (κ1) is 24.1. The van der Waals surface area contributed by atoms with E-state index in [9.17, 15) is 24.3 Å². The summed E-state index contributed by atoms with van der Waals surface area (Å²) in [5.41, 5.74) is 11.7. The van der Waals surface area contributed by atoms with Gasteiger partial charge >= 0.3 is 5.97 Å². The number of carboxylic acids is 1. The lowest BCUT2D eigenvalue weighted by Crippen LogP contribution is -2.55. The van der Waals surface area contributed by atoms with Gasteiger partial charge in [-0.3, -0.25) is 14.4 Å². The highest BCUT2D eigenvalue weighted by molar-refractivity contribution is 5.92. The first-order valence-electron chi connectivity index (χ1n) is 9.51. The molecule has 3 atom stereocenters. The van der Waals surface area contributed by atoms with Crippen LogP contribution in [0.5, 0.6) is 0 Å². The molecule has 9 nitrogen and oxygen atoms in total. The fourth-order valence-corrected chi connectivity index (χ4v) is 2.77. The highest BCUT2D eigenvalue weighted by Crippen LogP contribution is 2.07. The summed E-state index contributed by atoms with van der Waals surface area (Å²) in [7, 11) is 0. The summed E-state index contributed by atoms with van der Waals surface area (Å²) in [5.74, 6) is -2.92. The smallest absolute Gasteiger partial charge is 0.326 e. The molecule has 7 N–H and O–H groups in total. The summed E-state index contributed by atoms with van der Waals surface area (Å²) in [6, 6.07) is 5.90. The Hall–Kier alpha value is -2.94. The third-order valence-corrected chi connectivity index (χ3v) is 4.27. The second-order valence-corrected chi connectivity index (χ2v) is 7.39. The fourth-order valence-electron chi connectivity index (χ4n) is 2.77. The van der Waals surface area contributed by atoms with Crippen molar-refractivity contribution in [2.24, 2.45) is 17.4 Å². The number of hydrogen-bond donors (Lipinski definition) is 5. The maximum absolute atomic E-state index is 12.7. The first-order chi connectivity index (χ1) is 13.6. The number of nitrogens with two attached hydrogens (primary N) is 2. The maximum Gasteiger partial charge on any atom is 0.326 e. The Morgan fingerprint density at radius 1 is 1.00 bits per heavy atom. The molecular formula is C20H30N4O5. The van der Waals surface area contributed by atoms with E-state index in [0.717, 1.165) is 5.56 Å². The van der Waals surface area contributed by atoms with Crippen molar-refractivity contribution < 1.29 is 24.3 Å². The van der Waals surface area contributed by atoms with Gasteiger partial charge in [0, 0.05) is 12.8 Å². The Morgan fingerprint density at radius 3 is 2.10 bits per heavy atom. The van der Waals surface area contributed by atoms with E-state index in [4.69, 9.17) is 11.5 Å². The number of benzene rings is 1. The van der Waals surface area contributed by atoms with Crippen LogP contribution in [-0.4, -0.2) is 46.9 Å². The molecule has 0 fully saturated rings. The summed E-state index contributed by atoms with van der Waals surface area (Å²) in [5, 5.41) is 14.3. The van der Waals surface area contributed by atoms with Crippen LogP contribution in [0.25, 0.3) is 0 Å². The number of rotatable bonds is 12. The average Bonchev–Trinajstić information content (AvgIpc) is 2.64. The number of nitrogens with one attached hydrogen (secondary N) is 2. The molecule has 1 rings (SSSR count). The van der Waals surface area contributed by atoms with Crippen LogP contribution in [0.15, 0.2) is 30.3 Å². The first-order valence-corrected chi connectivity index (χ1v) is 9.51. The SMILES string of the molecule is CC(C)CC(N)C(=O)NC(Cc1ccccc1)C(=O)NC(CCC(N)=O)C(=O)O. The van der Waals surface area contributed by atoms with Crippen LogP contribution in [0.2, 0.25) is 0 Å². The van der Waals surface area contributed by atoms with E-state index in [0.29, 0.717) is 6.42 Å². The zero-order chi connectivity index (χ0) is 22.0. The predicted molar refractivity (Wildman–Crippen MR) is 108 cm³/mol. The maximum atomic E-state index is 12.7. The van der Waals surface area contributed by atoms with Crippen molar-refractivity contribution in [3.05, 3.63) is 35.9 Å². The van der Waals surface area contributed by atoms with Gasteiger partial charge in [0.1, 0.15) is 12.1 Å². The number of carboxylic acid groups (broad SMARTS) is 1. The van der Waals surface area contributed by atoms with E-state index in [1.54, 1.807) is 24.3 Å². The third-order valence-electron chi connectivity index (χ3n) is 4.27. The zero-order valence-corrected chi connectivity index (χ0v) is 16.8. The van der Waals surface area contributed by atoms with E-state index >= 15 is 0 Å². The average molecular weight is 406 g/mol. The van der Waals surface area contributed by atoms with Gasteiger partial charge in [0.2, 0.25) is 17.7 Å². The molecule has 29 heavy (non-hydrogen) atoms. The van der Waals surface area contributed by atoms with Crippen LogP contribution < -0.4 is 22.1 Å². The molecule has 0 aromatic heterocycles. The van der Waals surface area contributed by atoms with Crippen molar-refractivity contribution in [1.29, 1.82) is 0 Å². The third kappa shape index (κ3) is 9.20. The van der Waals surface area contributed by atoms with Crippen molar-refractivity contribution in [2.45, 2.75) is 57.7 Å². The topological polar surface area (TPSA) is 165 Å². The number of hydrogen-bond acceptors (Lipinski definition) is 5. The Bertz CT molecular complexity index is 708. The van der Waals surface area contributed by atoms with Crippen molar-refractivity contribution >= 4 is 23.7 Å². The number of carbonyl (C=O) groups excluding carboxylic acids is 3. The largest absolute Gasteiger partial charge is 0.480 e. The molecule has 0 radical (unpaired) electrons. The van der Waals surface area contributed by atoms with Gasteiger partial charge in [-0.15, -0.1) is 0 Å². The van der Waals surface area contributed by atoms with Crippen LogP contribution >= 0.6 is 0 Å². The molecule has 160 valence electrons. The highest BCUT2D eigenvalue weighted by Gasteiger charge is 2.28. The van der Waals surface area contributed by atoms with Crippen molar-refractivity contribution in [1.82, 2.24) is 10.6 Å². The molecule has 0 aliphatic heterocycles. The molecule has 1 aromatic rings. The second-order valence-electron chi connectivity index (χ2n) is 7.39. The van der Waals surface area contributed by atoms with Crippen LogP contribution in [0.3, 0.4) is 0 Å². The number of primary amides is 1. The van der Waals surface area contributed by atoms with Gasteiger partial charge in [-0.2, -0.15) is 0 Å². The van der Waals surface area contributed by atoms with E-state index < -0.39 is 41.8 Å². The standard InChI is InChI=1S/C20H30N4O5/c1-12(2)10-14(21)18(26)24-16(11-13-6-4-3-5-7-13)19(27)23-15(20(28)29)8-9-17(22)25/h3-7,12,14-16H,8-11,21H2,1-2H3,(H2,22,25)(H,23,27)(H,24,26)(H,28,29). The highest BCUT2D eigenvalue weighted by atomic mass is 16.4. The summed E-state index contributed by atoms with van der Waals surface area (Å²) in [6.45, 7) is 3.86. The number of amides is 3. The lowest BCUT2D eigenvalue weighted by molar-refractivity contribution is -0.142. The quantitative estimate of drug-likeness (QED) is 0.326. The molecule has 0 saturated heterocycles. The minimum atomic E-state index is -1.30. The van der Waals surface area contributed by atoms with E-state index in [-0.39, 0.29) is 25.2 Å². The molecule has 0 saturated carbocycles. The van der Waals surface area contributed by atoms with Crippen LogP contribution in [0, 0.1) is 5.92 Å². The molecule has 3 unspecified atom stereocenters. The van der Waals surface area contributed by atoms with E-state index in [2.05, 4.69) is 10.6 Å². The van der Waals surface area contributed by atoms with Crippen LogP contribution in [0.1, 0.15) is 38.7 Å². The lowest BCUT2D eigenvalue weighted by atomic mass is 10.0. The molecule has 0 bridgehead atoms. The Morgan fingerprint density at radius 2 is 1.59 bits per heavy atom. The molecule has 1 aromatic carbocycles. The molecule has 0 heterocycles. The van der Waals surface area contributed by atoms with E-state index in [1.807, 2.05) is 19.9 Å². The van der Waals surface area contributed by atoms with Crippen molar-refractivity contribution in [3.63, 3.8) is 0 Å². The predicted octanol–water partition coefficient (Wildman–Crippen LogP) is -0.0778. The molecular weight excluding hydrogens is 376 g/mol. The van der Waals surface area contributed by atoms with Gasteiger partial charge in [0.05, 0.1) is 6.04 Å². The summed E-state index contributed by atoms with van der Waals surface area (Å²) < 4.78 is 0. The molecule has 0 aliphatic carbocycles. The van der Waals surface area contributed by atoms with Crippen molar-refractivity contribution in [3.8, 4) is 0 Å². The molecule has 9 heteroatoms.